The van der Waals surface area contributed by atoms with Crippen molar-refractivity contribution in [2.24, 2.45) is 0 Å². The van der Waals surface area contributed by atoms with Gasteiger partial charge in [0.1, 0.15) is 0 Å². The van der Waals surface area contributed by atoms with Gasteiger partial charge in [0.05, 0.1) is 37.5 Å². The summed E-state index contributed by atoms with van der Waals surface area (Å²) in [5.41, 5.74) is 1.17. The smallest absolute Gasteiger partial charge is 0.340 e. The second-order valence-corrected chi connectivity index (χ2v) is 8.60. The van der Waals surface area contributed by atoms with E-state index in [2.05, 4.69) is 10.0 Å². The van der Waals surface area contributed by atoms with Gasteiger partial charge in [-0.15, -0.1) is 0 Å². The third-order valence-electron chi connectivity index (χ3n) is 4.62. The molecule has 2 aromatic carbocycles. The van der Waals surface area contributed by atoms with Crippen LogP contribution in [0.5, 0.6) is 11.5 Å². The number of amides is 1. The summed E-state index contributed by atoms with van der Waals surface area (Å²) in [6.07, 6.45) is 1.20. The molecule has 0 heterocycles. The van der Waals surface area contributed by atoms with Crippen LogP contribution in [0.2, 0.25) is 0 Å². The van der Waals surface area contributed by atoms with Gasteiger partial charge in [0, 0.05) is 25.1 Å². The molecule has 0 saturated heterocycles. The molecule has 0 spiro atoms. The van der Waals surface area contributed by atoms with Crippen molar-refractivity contribution in [3.05, 3.63) is 47.5 Å². The van der Waals surface area contributed by atoms with Crippen molar-refractivity contribution in [1.29, 1.82) is 0 Å². The van der Waals surface area contributed by atoms with E-state index in [4.69, 9.17) is 14.2 Å². The first-order valence-corrected chi connectivity index (χ1v) is 11.5. The van der Waals surface area contributed by atoms with E-state index in [1.54, 1.807) is 12.1 Å². The molecular formula is C22H28N2O7S. The van der Waals surface area contributed by atoms with Crippen LogP contribution in [0.4, 0.5) is 5.69 Å². The maximum Gasteiger partial charge on any atom is 0.340 e. The highest BCUT2D eigenvalue weighted by atomic mass is 32.2. The first-order chi connectivity index (χ1) is 15.2. The van der Waals surface area contributed by atoms with E-state index in [1.807, 2.05) is 6.92 Å². The molecule has 1 amide bonds. The molecule has 0 aliphatic rings. The van der Waals surface area contributed by atoms with Crippen molar-refractivity contribution >= 4 is 27.6 Å². The van der Waals surface area contributed by atoms with Crippen molar-refractivity contribution in [1.82, 2.24) is 4.72 Å². The van der Waals surface area contributed by atoms with E-state index in [1.165, 1.54) is 45.6 Å². The molecule has 10 heteroatoms. The van der Waals surface area contributed by atoms with Crippen LogP contribution in [0, 0.1) is 0 Å². The topological polar surface area (TPSA) is 120 Å². The van der Waals surface area contributed by atoms with E-state index < -0.39 is 16.0 Å². The predicted molar refractivity (Wildman–Crippen MR) is 120 cm³/mol. The van der Waals surface area contributed by atoms with Gasteiger partial charge in [0.15, 0.2) is 11.5 Å². The lowest BCUT2D eigenvalue weighted by Gasteiger charge is -2.14. The number of hydrogen-bond donors (Lipinski definition) is 2. The standard InChI is InChI=1S/C22H28N2O7S/c1-5-12-23-32(27,28)16-9-6-15(7-10-16)8-11-21(25)24-18-14-20(30-3)19(29-2)13-17(18)22(26)31-4/h6-7,9-10,13-14,23H,5,8,11-12H2,1-4H3,(H,24,25). The summed E-state index contributed by atoms with van der Waals surface area (Å²) in [4.78, 5) is 24.8. The summed E-state index contributed by atoms with van der Waals surface area (Å²) < 4.78 is 42.0. The molecule has 174 valence electrons. The van der Waals surface area contributed by atoms with Gasteiger partial charge < -0.3 is 19.5 Å². The Kier molecular flexibility index (Phi) is 9.03. The largest absolute Gasteiger partial charge is 0.493 e. The minimum absolute atomic E-state index is 0.120. The molecule has 0 aromatic heterocycles. The fourth-order valence-corrected chi connectivity index (χ4v) is 4.02. The Morgan fingerprint density at radius 3 is 2.16 bits per heavy atom. The number of hydrogen-bond acceptors (Lipinski definition) is 7. The van der Waals surface area contributed by atoms with Gasteiger partial charge in [-0.2, -0.15) is 0 Å². The van der Waals surface area contributed by atoms with Crippen LogP contribution in [0.3, 0.4) is 0 Å². The number of aryl methyl sites for hydroxylation is 1. The van der Waals surface area contributed by atoms with Gasteiger partial charge in [-0.3, -0.25) is 4.79 Å². The Morgan fingerprint density at radius 1 is 0.969 bits per heavy atom. The Labute approximate surface area is 188 Å². The molecule has 2 aromatic rings. The number of carbonyl (C=O) groups is 2. The normalized spacial score (nSPS) is 11.0. The monoisotopic (exact) mass is 464 g/mol. The Bertz CT molecular complexity index is 1050. The van der Waals surface area contributed by atoms with Crippen LogP contribution < -0.4 is 19.5 Å². The van der Waals surface area contributed by atoms with Crippen molar-refractivity contribution < 1.29 is 32.2 Å². The second kappa shape index (κ2) is 11.5. The number of anilines is 1. The van der Waals surface area contributed by atoms with Gasteiger partial charge in [0.25, 0.3) is 0 Å². The molecule has 0 aliphatic carbocycles. The van der Waals surface area contributed by atoms with Gasteiger partial charge in [-0.1, -0.05) is 19.1 Å². The summed E-state index contributed by atoms with van der Waals surface area (Å²) >= 11 is 0. The number of benzene rings is 2. The molecule has 0 saturated carbocycles. The molecule has 0 fully saturated rings. The summed E-state index contributed by atoms with van der Waals surface area (Å²) in [6.45, 7) is 2.25. The van der Waals surface area contributed by atoms with Gasteiger partial charge in [0.2, 0.25) is 15.9 Å². The van der Waals surface area contributed by atoms with Gasteiger partial charge in [-0.25, -0.2) is 17.9 Å². The highest BCUT2D eigenvalue weighted by molar-refractivity contribution is 7.89. The Morgan fingerprint density at radius 2 is 1.59 bits per heavy atom. The van der Waals surface area contributed by atoms with Gasteiger partial charge in [-0.05, 0) is 30.5 Å². The average Bonchev–Trinajstić information content (AvgIpc) is 2.80. The number of rotatable bonds is 11. The van der Waals surface area contributed by atoms with Gasteiger partial charge >= 0.3 is 5.97 Å². The number of ether oxygens (including phenoxy) is 3. The number of sulfonamides is 1. The highest BCUT2D eigenvalue weighted by Gasteiger charge is 2.19. The van der Waals surface area contributed by atoms with Crippen LogP contribution in [0.1, 0.15) is 35.7 Å². The predicted octanol–water partition coefficient (Wildman–Crippen LogP) is 2.75. The number of nitrogens with one attached hydrogen (secondary N) is 2. The van der Waals surface area contributed by atoms with Crippen LogP contribution in [0.15, 0.2) is 41.3 Å². The molecule has 0 unspecified atom stereocenters. The van der Waals surface area contributed by atoms with E-state index in [-0.39, 0.29) is 28.5 Å². The van der Waals surface area contributed by atoms with E-state index in [0.717, 1.165) is 5.56 Å². The fraction of sp³-hybridized carbons (Fsp3) is 0.364. The van der Waals surface area contributed by atoms with E-state index in [0.29, 0.717) is 30.9 Å². The second-order valence-electron chi connectivity index (χ2n) is 6.83. The molecule has 9 nitrogen and oxygen atoms in total. The number of methoxy groups -OCH3 is 3. The van der Waals surface area contributed by atoms with Crippen molar-refractivity contribution in [3.63, 3.8) is 0 Å². The minimum Gasteiger partial charge on any atom is -0.493 e. The first kappa shape index (κ1) is 25.2. The molecular weight excluding hydrogens is 436 g/mol. The Hall–Kier alpha value is -3.11. The van der Waals surface area contributed by atoms with E-state index >= 15 is 0 Å². The molecule has 2 N–H and O–H groups in total. The summed E-state index contributed by atoms with van der Waals surface area (Å²) in [5.74, 6) is -0.281. The molecule has 0 radical (unpaired) electrons. The zero-order valence-electron chi connectivity index (χ0n) is 18.6. The molecule has 0 aliphatic heterocycles. The maximum atomic E-state index is 12.5. The molecule has 2 rings (SSSR count). The fourth-order valence-electron chi connectivity index (χ4n) is 2.89. The van der Waals surface area contributed by atoms with Crippen LogP contribution in [0.25, 0.3) is 0 Å². The lowest BCUT2D eigenvalue weighted by atomic mass is 10.1. The minimum atomic E-state index is -3.53. The van der Waals surface area contributed by atoms with E-state index in [9.17, 15) is 18.0 Å². The zero-order valence-corrected chi connectivity index (χ0v) is 19.4. The molecule has 0 atom stereocenters. The van der Waals surface area contributed by atoms with Crippen LogP contribution >= 0.6 is 0 Å². The maximum absolute atomic E-state index is 12.5. The first-order valence-electron chi connectivity index (χ1n) is 9.98. The third-order valence-corrected chi connectivity index (χ3v) is 6.10. The Balaban J connectivity index is 2.09. The zero-order chi connectivity index (χ0) is 23.7. The molecule has 0 bridgehead atoms. The quantitative estimate of drug-likeness (QED) is 0.491. The average molecular weight is 465 g/mol. The number of carbonyl (C=O) groups excluding carboxylic acids is 2. The van der Waals surface area contributed by atoms with Crippen LogP contribution in [-0.2, 0) is 26.0 Å². The lowest BCUT2D eigenvalue weighted by Crippen LogP contribution is -2.24. The lowest BCUT2D eigenvalue weighted by molar-refractivity contribution is -0.116. The van der Waals surface area contributed by atoms with Crippen molar-refractivity contribution in [2.75, 3.05) is 33.2 Å². The third kappa shape index (κ3) is 6.44. The SMILES string of the molecule is CCCNS(=O)(=O)c1ccc(CCC(=O)Nc2cc(OC)c(OC)cc2C(=O)OC)cc1. The van der Waals surface area contributed by atoms with Crippen LogP contribution in [-0.4, -0.2) is 48.2 Å². The summed E-state index contributed by atoms with van der Waals surface area (Å²) in [6, 6.07) is 9.29. The summed E-state index contributed by atoms with van der Waals surface area (Å²) in [7, 11) is 0.593. The van der Waals surface area contributed by atoms with Crippen molar-refractivity contribution in [2.45, 2.75) is 31.1 Å². The molecule has 32 heavy (non-hydrogen) atoms. The highest BCUT2D eigenvalue weighted by Crippen LogP contribution is 2.33. The number of esters is 1. The summed E-state index contributed by atoms with van der Waals surface area (Å²) in [5, 5.41) is 2.70. The van der Waals surface area contributed by atoms with Crippen molar-refractivity contribution in [3.8, 4) is 11.5 Å².